The van der Waals surface area contributed by atoms with Gasteiger partial charge in [-0.15, -0.1) is 10.2 Å². The number of hydrogen-bond acceptors (Lipinski definition) is 10. The van der Waals surface area contributed by atoms with Gasteiger partial charge in [0.05, 0.1) is 19.3 Å². The number of amides is 2. The predicted molar refractivity (Wildman–Crippen MR) is 173 cm³/mol. The molecule has 3 heterocycles. The van der Waals surface area contributed by atoms with Gasteiger partial charge in [-0.05, 0) is 45.0 Å². The number of nitrogens with one attached hydrogen (secondary N) is 1. The molecule has 242 valence electrons. The van der Waals surface area contributed by atoms with Crippen LogP contribution in [0, 0.1) is 0 Å². The van der Waals surface area contributed by atoms with Gasteiger partial charge in [-0.1, -0.05) is 36.2 Å². The fourth-order valence-electron chi connectivity index (χ4n) is 5.45. The van der Waals surface area contributed by atoms with Crippen molar-refractivity contribution in [3.05, 3.63) is 63.7 Å². The molecule has 0 radical (unpaired) electrons. The van der Waals surface area contributed by atoms with Crippen LogP contribution in [0.4, 0.5) is 16.2 Å². The van der Waals surface area contributed by atoms with Gasteiger partial charge >= 0.3 is 6.09 Å². The number of carbonyl (C=O) groups is 2. The van der Waals surface area contributed by atoms with Gasteiger partial charge in [0.15, 0.2) is 17.7 Å². The van der Waals surface area contributed by atoms with E-state index in [1.54, 1.807) is 35.2 Å². The van der Waals surface area contributed by atoms with Crippen LogP contribution < -0.4 is 25.8 Å². The summed E-state index contributed by atoms with van der Waals surface area (Å²) in [6.07, 6.45) is 0.275. The zero-order chi connectivity index (χ0) is 32.5. The van der Waals surface area contributed by atoms with Crippen molar-refractivity contribution in [2.45, 2.75) is 52.3 Å². The zero-order valence-electron chi connectivity index (χ0n) is 26.1. The van der Waals surface area contributed by atoms with Crippen molar-refractivity contribution in [2.75, 3.05) is 55.3 Å². The number of piperazine rings is 1. The largest absolute Gasteiger partial charge is 0.494 e. The maximum Gasteiger partial charge on any atom is 0.410 e. The highest BCUT2D eigenvalue weighted by Crippen LogP contribution is 2.35. The van der Waals surface area contributed by atoms with E-state index in [0.717, 1.165) is 11.3 Å². The lowest BCUT2D eigenvalue weighted by Crippen LogP contribution is -2.56. The summed E-state index contributed by atoms with van der Waals surface area (Å²) in [4.78, 5) is 29.3. The Kier molecular flexibility index (Phi) is 9.52. The predicted octanol–water partition coefficient (Wildman–Crippen LogP) is 4.18. The van der Waals surface area contributed by atoms with E-state index in [1.807, 2.05) is 55.6 Å². The van der Waals surface area contributed by atoms with Gasteiger partial charge < -0.3 is 30.4 Å². The summed E-state index contributed by atoms with van der Waals surface area (Å²) in [6, 6.07) is 10.2. The number of benzene rings is 2. The number of hydrazine groups is 1. The van der Waals surface area contributed by atoms with Crippen LogP contribution in [-0.2, 0) is 22.5 Å². The van der Waals surface area contributed by atoms with E-state index < -0.39 is 17.6 Å². The molecule has 2 aliphatic rings. The van der Waals surface area contributed by atoms with Gasteiger partial charge in [0.25, 0.3) is 0 Å². The maximum atomic E-state index is 12.9. The number of hydrogen-bond donors (Lipinski definition) is 2. The number of fused-ring (bicyclic) bond motifs is 1. The van der Waals surface area contributed by atoms with Crippen LogP contribution in [0.1, 0.15) is 50.9 Å². The third-order valence-corrected chi connectivity index (χ3v) is 8.33. The Bertz CT molecular complexity index is 1530. The van der Waals surface area contributed by atoms with Gasteiger partial charge in [-0.25, -0.2) is 9.47 Å². The van der Waals surface area contributed by atoms with E-state index in [4.69, 9.17) is 38.4 Å². The van der Waals surface area contributed by atoms with Crippen LogP contribution in [0.5, 0.6) is 5.75 Å². The highest BCUT2D eigenvalue weighted by molar-refractivity contribution is 6.36. The van der Waals surface area contributed by atoms with E-state index in [0.29, 0.717) is 72.3 Å². The maximum absolute atomic E-state index is 12.9. The average molecular weight is 661 g/mol. The molecule has 0 bridgehead atoms. The molecule has 1 fully saturated rings. The van der Waals surface area contributed by atoms with Crippen molar-refractivity contribution in [1.29, 1.82) is 0 Å². The monoisotopic (exact) mass is 659 g/mol. The molecule has 2 amide bonds. The number of halogens is 2. The molecule has 3 N–H and O–H groups in total. The molecule has 1 unspecified atom stereocenters. The van der Waals surface area contributed by atoms with E-state index in [2.05, 4.69) is 20.5 Å². The van der Waals surface area contributed by atoms with Crippen LogP contribution in [0.2, 0.25) is 10.0 Å². The van der Waals surface area contributed by atoms with Crippen LogP contribution >= 0.6 is 23.2 Å². The molecule has 1 saturated heterocycles. The Labute approximate surface area is 272 Å². The summed E-state index contributed by atoms with van der Waals surface area (Å²) in [5.74, 6) is 1.02. The second-order valence-corrected chi connectivity index (χ2v) is 12.7. The molecule has 13 nitrogen and oxygen atoms in total. The number of nitrogens with two attached hydrogens (primary N) is 1. The highest BCUT2D eigenvalue weighted by Gasteiger charge is 2.40. The third-order valence-electron chi connectivity index (χ3n) is 7.62. The fraction of sp³-hybridized carbons (Fsp3) is 0.467. The number of carbonyl (C=O) groups excluding carboxylic acids is 2. The zero-order valence-corrected chi connectivity index (χ0v) is 27.6. The minimum absolute atomic E-state index is 0.213. The van der Waals surface area contributed by atoms with Gasteiger partial charge in [0.2, 0.25) is 5.91 Å². The molecule has 1 aromatic heterocycles. The van der Waals surface area contributed by atoms with E-state index in [9.17, 15) is 9.59 Å². The van der Waals surface area contributed by atoms with Crippen LogP contribution in [0.15, 0.2) is 36.4 Å². The number of nitrogens with zero attached hydrogens (tertiary/aromatic N) is 7. The number of aryl methyl sites for hydroxylation is 1. The second-order valence-electron chi connectivity index (χ2n) is 11.9. The molecule has 45 heavy (non-hydrogen) atoms. The molecule has 2 aliphatic heterocycles. The van der Waals surface area contributed by atoms with E-state index in [-0.39, 0.29) is 12.8 Å². The average Bonchev–Trinajstić information content (AvgIpc) is 3.42. The SMILES string of the molecule is CCc1nnc2n1N(Cc1c(Cl)cccc1Cl)CN(Nc1ccc(N3CCN(C(=O)OC(C)(C)C)CC3)cc1OC)C2C(N)=O. The smallest absolute Gasteiger partial charge is 0.410 e. The Balaban J connectivity index is 1.38. The van der Waals surface area contributed by atoms with Crippen LogP contribution in [0.25, 0.3) is 0 Å². The first kappa shape index (κ1) is 32.5. The Morgan fingerprint density at radius 3 is 2.36 bits per heavy atom. The van der Waals surface area contributed by atoms with Crippen LogP contribution in [-0.4, -0.2) is 82.3 Å². The summed E-state index contributed by atoms with van der Waals surface area (Å²) in [5, 5.41) is 13.4. The van der Waals surface area contributed by atoms with E-state index >= 15 is 0 Å². The topological polar surface area (TPSA) is 134 Å². The van der Waals surface area contributed by atoms with Crippen LogP contribution in [0.3, 0.4) is 0 Å². The number of methoxy groups -OCH3 is 1. The van der Waals surface area contributed by atoms with Gasteiger partial charge in [-0.2, -0.15) is 5.01 Å². The molecular formula is C30H39Cl2N9O4. The lowest BCUT2D eigenvalue weighted by molar-refractivity contribution is -0.124. The molecular weight excluding hydrogens is 621 g/mol. The molecule has 2 aromatic carbocycles. The van der Waals surface area contributed by atoms with Crippen molar-refractivity contribution < 1.29 is 19.1 Å². The number of ether oxygens (including phenoxy) is 2. The molecule has 0 aliphatic carbocycles. The Morgan fingerprint density at radius 1 is 1.07 bits per heavy atom. The molecule has 0 saturated carbocycles. The first-order valence-corrected chi connectivity index (χ1v) is 15.5. The molecule has 0 spiro atoms. The number of anilines is 2. The van der Waals surface area contributed by atoms with Crippen molar-refractivity contribution >= 4 is 46.6 Å². The number of primary amides is 1. The van der Waals surface area contributed by atoms with E-state index in [1.165, 1.54) is 0 Å². The quantitative estimate of drug-likeness (QED) is 0.363. The minimum atomic E-state index is -0.930. The summed E-state index contributed by atoms with van der Waals surface area (Å²) in [7, 11) is 1.59. The summed E-state index contributed by atoms with van der Waals surface area (Å²) >= 11 is 13.1. The molecule has 15 heteroatoms. The molecule has 1 atom stereocenters. The third kappa shape index (κ3) is 7.00. The van der Waals surface area contributed by atoms with Gasteiger partial charge in [0.1, 0.15) is 18.0 Å². The lowest BCUT2D eigenvalue weighted by Gasteiger charge is -2.42. The summed E-state index contributed by atoms with van der Waals surface area (Å²) in [5.41, 5.74) is 11.0. The van der Waals surface area contributed by atoms with Crippen molar-refractivity contribution in [2.24, 2.45) is 5.73 Å². The molecule has 5 rings (SSSR count). The standard InChI is InChI=1S/C30H39Cl2N9O4/c1-6-25-34-35-28-26(27(33)42)40(18-39(41(25)28)17-20-21(31)8-7-9-22(20)32)36-23-11-10-19(16-24(23)44-5)37-12-14-38(15-13-37)29(43)45-30(2,3)4/h7-11,16,26,36H,6,12-15,17-18H2,1-5H3,(H2,33,42). The van der Waals surface area contributed by atoms with Crippen molar-refractivity contribution in [3.8, 4) is 5.75 Å². The number of rotatable bonds is 8. The highest BCUT2D eigenvalue weighted by atomic mass is 35.5. The normalized spacial score (nSPS) is 17.2. The van der Waals surface area contributed by atoms with Gasteiger partial charge in [0, 0.05) is 60.0 Å². The second kappa shape index (κ2) is 13.2. The minimum Gasteiger partial charge on any atom is -0.494 e. The number of aromatic nitrogens is 3. The van der Waals surface area contributed by atoms with Gasteiger partial charge in [-0.3, -0.25) is 9.80 Å². The first-order valence-electron chi connectivity index (χ1n) is 14.8. The summed E-state index contributed by atoms with van der Waals surface area (Å²) < 4.78 is 13.1. The Morgan fingerprint density at radius 2 is 1.76 bits per heavy atom. The van der Waals surface area contributed by atoms with Crippen molar-refractivity contribution in [3.63, 3.8) is 0 Å². The Hall–Kier alpha value is -3.94. The summed E-state index contributed by atoms with van der Waals surface area (Å²) in [6.45, 7) is 10.4. The fourth-order valence-corrected chi connectivity index (χ4v) is 5.97. The lowest BCUT2D eigenvalue weighted by atomic mass is 10.2. The first-order chi connectivity index (χ1) is 21.4. The van der Waals surface area contributed by atoms with Crippen molar-refractivity contribution in [1.82, 2.24) is 24.8 Å². The molecule has 3 aromatic rings.